The van der Waals surface area contributed by atoms with E-state index < -0.39 is 0 Å². The van der Waals surface area contributed by atoms with Crippen molar-refractivity contribution in [1.82, 2.24) is 24.5 Å². The van der Waals surface area contributed by atoms with E-state index in [0.717, 1.165) is 5.69 Å². The number of likely N-dealkylation sites (N-methyl/N-ethyl adjacent to an activating group) is 1. The second-order valence-electron chi connectivity index (χ2n) is 4.82. The molecule has 21 heavy (non-hydrogen) atoms. The Balaban J connectivity index is 2.14. The zero-order valence-corrected chi connectivity index (χ0v) is 13.6. The molecule has 0 saturated heterocycles. The van der Waals surface area contributed by atoms with Crippen molar-refractivity contribution in [1.29, 1.82) is 0 Å². The van der Waals surface area contributed by atoms with Crippen molar-refractivity contribution in [2.75, 3.05) is 7.05 Å². The van der Waals surface area contributed by atoms with E-state index in [1.165, 1.54) is 6.20 Å². The van der Waals surface area contributed by atoms with E-state index in [4.69, 9.17) is 23.2 Å². The molecule has 6 nitrogen and oxygen atoms in total. The van der Waals surface area contributed by atoms with Crippen LogP contribution in [0.1, 0.15) is 25.1 Å². The van der Waals surface area contributed by atoms with Crippen molar-refractivity contribution < 1.29 is 4.79 Å². The maximum absolute atomic E-state index is 12.6. The molecule has 0 aliphatic rings. The normalized spacial score (nSPS) is 12.4. The highest BCUT2D eigenvalue weighted by molar-refractivity contribution is 6.31. The van der Waals surface area contributed by atoms with Crippen molar-refractivity contribution in [2.45, 2.75) is 25.9 Å². The Morgan fingerprint density at radius 1 is 1.38 bits per heavy atom. The first-order valence-corrected chi connectivity index (χ1v) is 7.30. The number of amides is 1. The van der Waals surface area contributed by atoms with E-state index in [1.54, 1.807) is 40.8 Å². The second-order valence-corrected chi connectivity index (χ2v) is 5.66. The van der Waals surface area contributed by atoms with Crippen molar-refractivity contribution >= 4 is 29.1 Å². The molecule has 1 atom stereocenters. The molecule has 2 aromatic heterocycles. The van der Waals surface area contributed by atoms with Crippen LogP contribution in [0.25, 0.3) is 0 Å². The van der Waals surface area contributed by atoms with E-state index in [9.17, 15) is 4.79 Å². The molecule has 114 valence electrons. The van der Waals surface area contributed by atoms with Gasteiger partial charge in [-0.3, -0.25) is 14.2 Å². The number of rotatable bonds is 5. The monoisotopic (exact) mass is 329 g/mol. The molecule has 2 aromatic rings. The number of halogens is 2. The Morgan fingerprint density at radius 3 is 2.57 bits per heavy atom. The van der Waals surface area contributed by atoms with Gasteiger partial charge in [0.2, 0.25) is 5.91 Å². The third-order valence-corrected chi connectivity index (χ3v) is 3.85. The van der Waals surface area contributed by atoms with Gasteiger partial charge in [0.05, 0.1) is 34.7 Å². The Hall–Kier alpha value is -1.53. The van der Waals surface area contributed by atoms with Crippen LogP contribution in [0.15, 0.2) is 18.6 Å². The first-order chi connectivity index (χ1) is 9.93. The van der Waals surface area contributed by atoms with Gasteiger partial charge in [-0.1, -0.05) is 30.1 Å². The van der Waals surface area contributed by atoms with Crippen LogP contribution in [0.3, 0.4) is 0 Å². The Morgan fingerprint density at radius 2 is 2.10 bits per heavy atom. The summed E-state index contributed by atoms with van der Waals surface area (Å²) in [5, 5.41) is 9.24. The fraction of sp³-hybridized carbons (Fsp3) is 0.462. The fourth-order valence-corrected chi connectivity index (χ4v) is 2.50. The summed E-state index contributed by atoms with van der Waals surface area (Å²) >= 11 is 11.9. The van der Waals surface area contributed by atoms with Gasteiger partial charge in [0.15, 0.2) is 0 Å². The molecule has 0 N–H and O–H groups in total. The number of hydrogen-bond acceptors (Lipinski definition) is 3. The highest BCUT2D eigenvalue weighted by Crippen LogP contribution is 2.20. The molecule has 0 spiro atoms. The largest absolute Gasteiger partial charge is 0.338 e. The summed E-state index contributed by atoms with van der Waals surface area (Å²) in [6.45, 7) is 2.32. The molecule has 0 aliphatic carbocycles. The van der Waals surface area contributed by atoms with Gasteiger partial charge in [-0.15, -0.1) is 0 Å². The second kappa shape index (κ2) is 6.49. The molecule has 0 saturated carbocycles. The minimum Gasteiger partial charge on any atom is -0.338 e. The van der Waals surface area contributed by atoms with Gasteiger partial charge in [0.25, 0.3) is 0 Å². The zero-order chi connectivity index (χ0) is 15.6. The van der Waals surface area contributed by atoms with E-state index in [2.05, 4.69) is 10.2 Å². The van der Waals surface area contributed by atoms with E-state index in [1.807, 2.05) is 6.92 Å². The number of aryl methyl sites for hydroxylation is 1. The summed E-state index contributed by atoms with van der Waals surface area (Å²) in [5.41, 5.74) is 0.792. The summed E-state index contributed by atoms with van der Waals surface area (Å²) < 4.78 is 3.25. The fourth-order valence-electron chi connectivity index (χ4n) is 2.13. The summed E-state index contributed by atoms with van der Waals surface area (Å²) in [5.74, 6) is -0.0467. The quantitative estimate of drug-likeness (QED) is 0.846. The minimum absolute atomic E-state index is 0.0467. The molecule has 1 amide bonds. The SMILES string of the molecule is CCC(C(=O)N(C)Cc1c(Cl)cnn1C)n1cc(Cl)cn1. The predicted molar refractivity (Wildman–Crippen MR) is 81.3 cm³/mol. The average Bonchev–Trinajstić information content (AvgIpc) is 3.00. The Bertz CT molecular complexity index is 617. The van der Waals surface area contributed by atoms with Crippen LogP contribution in [-0.4, -0.2) is 37.4 Å². The number of aromatic nitrogens is 4. The van der Waals surface area contributed by atoms with Gasteiger partial charge in [-0.2, -0.15) is 10.2 Å². The lowest BCUT2D eigenvalue weighted by Gasteiger charge is -2.23. The summed E-state index contributed by atoms with van der Waals surface area (Å²) in [6.07, 6.45) is 5.37. The first-order valence-electron chi connectivity index (χ1n) is 6.55. The van der Waals surface area contributed by atoms with Crippen LogP contribution in [0.2, 0.25) is 10.0 Å². The van der Waals surface area contributed by atoms with Gasteiger partial charge >= 0.3 is 0 Å². The molecule has 0 aliphatic heterocycles. The molecule has 0 bridgehead atoms. The third kappa shape index (κ3) is 3.39. The van der Waals surface area contributed by atoms with Crippen LogP contribution in [-0.2, 0) is 18.4 Å². The lowest BCUT2D eigenvalue weighted by molar-refractivity contribution is -0.134. The molecule has 0 radical (unpaired) electrons. The van der Waals surface area contributed by atoms with E-state index in [-0.39, 0.29) is 11.9 Å². The molecular formula is C13H17Cl2N5O. The maximum atomic E-state index is 12.6. The molecule has 8 heteroatoms. The number of nitrogens with zero attached hydrogens (tertiary/aromatic N) is 5. The van der Waals surface area contributed by atoms with Crippen LogP contribution in [0.4, 0.5) is 0 Å². The number of carbonyl (C=O) groups excluding carboxylic acids is 1. The summed E-state index contributed by atoms with van der Waals surface area (Å²) in [7, 11) is 3.53. The molecule has 2 heterocycles. The molecule has 0 aromatic carbocycles. The highest BCUT2D eigenvalue weighted by atomic mass is 35.5. The third-order valence-electron chi connectivity index (χ3n) is 3.33. The van der Waals surface area contributed by atoms with Crippen LogP contribution in [0, 0.1) is 0 Å². The Kier molecular flexibility index (Phi) is 4.90. The van der Waals surface area contributed by atoms with Crippen molar-refractivity contribution in [3.8, 4) is 0 Å². The van der Waals surface area contributed by atoms with Crippen molar-refractivity contribution in [3.63, 3.8) is 0 Å². The summed E-state index contributed by atoms with van der Waals surface area (Å²) in [6, 6.07) is -0.380. The number of hydrogen-bond donors (Lipinski definition) is 0. The average molecular weight is 330 g/mol. The zero-order valence-electron chi connectivity index (χ0n) is 12.1. The van der Waals surface area contributed by atoms with Crippen molar-refractivity contribution in [2.24, 2.45) is 7.05 Å². The lowest BCUT2D eigenvalue weighted by Crippen LogP contribution is -2.34. The van der Waals surface area contributed by atoms with Crippen LogP contribution in [0.5, 0.6) is 0 Å². The van der Waals surface area contributed by atoms with Crippen molar-refractivity contribution in [3.05, 3.63) is 34.3 Å². The first kappa shape index (κ1) is 15.9. The van der Waals surface area contributed by atoms with Gasteiger partial charge in [-0.05, 0) is 6.42 Å². The summed E-state index contributed by atoms with van der Waals surface area (Å²) in [4.78, 5) is 14.2. The minimum atomic E-state index is -0.380. The standard InChI is InChI=1S/C13H17Cl2N5O/c1-4-11(20-7-9(14)5-17-20)13(21)18(2)8-12-10(15)6-16-19(12)3/h5-7,11H,4,8H2,1-3H3. The van der Waals surface area contributed by atoms with Crippen LogP contribution < -0.4 is 0 Å². The molecule has 2 rings (SSSR count). The molecular weight excluding hydrogens is 313 g/mol. The highest BCUT2D eigenvalue weighted by Gasteiger charge is 2.24. The topological polar surface area (TPSA) is 56.0 Å². The van der Waals surface area contributed by atoms with Gasteiger partial charge < -0.3 is 4.90 Å². The molecule has 1 unspecified atom stereocenters. The van der Waals surface area contributed by atoms with Crippen LogP contribution >= 0.6 is 23.2 Å². The number of carbonyl (C=O) groups is 1. The van der Waals surface area contributed by atoms with Gasteiger partial charge in [-0.25, -0.2) is 0 Å². The lowest BCUT2D eigenvalue weighted by atomic mass is 10.2. The van der Waals surface area contributed by atoms with E-state index >= 15 is 0 Å². The van der Waals surface area contributed by atoms with E-state index in [0.29, 0.717) is 23.0 Å². The smallest absolute Gasteiger partial charge is 0.247 e. The van der Waals surface area contributed by atoms with Gasteiger partial charge in [0, 0.05) is 20.3 Å². The Labute approximate surface area is 133 Å². The predicted octanol–water partition coefficient (Wildman–Crippen LogP) is 2.53. The molecule has 0 fully saturated rings. The maximum Gasteiger partial charge on any atom is 0.247 e. The van der Waals surface area contributed by atoms with Gasteiger partial charge in [0.1, 0.15) is 6.04 Å².